The first-order valence-electron chi connectivity index (χ1n) is 9.92. The summed E-state index contributed by atoms with van der Waals surface area (Å²) < 4.78 is 12.1. The SMILES string of the molecule is O=C(O)Cc1ccccc1OCCC1CN(c2ccc(Cl)c(Cl)c2)c2ccccc2O1. The zero-order valence-corrected chi connectivity index (χ0v) is 18.1. The summed E-state index contributed by atoms with van der Waals surface area (Å²) in [5, 5.41) is 10.1. The molecule has 3 aromatic carbocycles. The molecule has 3 aromatic rings. The van der Waals surface area contributed by atoms with Crippen molar-refractivity contribution in [2.45, 2.75) is 18.9 Å². The Bertz CT molecular complexity index is 1090. The van der Waals surface area contributed by atoms with Crippen molar-refractivity contribution in [2.24, 2.45) is 0 Å². The van der Waals surface area contributed by atoms with Crippen LogP contribution in [0.2, 0.25) is 10.0 Å². The van der Waals surface area contributed by atoms with Gasteiger partial charge in [-0.2, -0.15) is 0 Å². The Morgan fingerprint density at radius 1 is 1.06 bits per heavy atom. The molecular formula is C24H21Cl2NO4. The van der Waals surface area contributed by atoms with Crippen molar-refractivity contribution < 1.29 is 19.4 Å². The van der Waals surface area contributed by atoms with Crippen LogP contribution in [0, 0.1) is 0 Å². The number of aliphatic carboxylic acids is 1. The lowest BCUT2D eigenvalue weighted by molar-refractivity contribution is -0.136. The van der Waals surface area contributed by atoms with E-state index in [1.165, 1.54) is 0 Å². The van der Waals surface area contributed by atoms with E-state index in [4.69, 9.17) is 37.8 Å². The van der Waals surface area contributed by atoms with Gasteiger partial charge in [-0.1, -0.05) is 53.5 Å². The van der Waals surface area contributed by atoms with Gasteiger partial charge in [-0.3, -0.25) is 4.79 Å². The monoisotopic (exact) mass is 457 g/mol. The first-order chi connectivity index (χ1) is 15.0. The Morgan fingerprint density at radius 2 is 1.84 bits per heavy atom. The number of halogens is 2. The summed E-state index contributed by atoms with van der Waals surface area (Å²) in [6, 6.07) is 20.6. The molecule has 7 heteroatoms. The maximum absolute atomic E-state index is 11.1. The number of carbonyl (C=O) groups is 1. The molecule has 0 radical (unpaired) electrons. The highest BCUT2D eigenvalue weighted by atomic mass is 35.5. The van der Waals surface area contributed by atoms with Crippen LogP contribution in [-0.4, -0.2) is 30.3 Å². The molecule has 160 valence electrons. The second-order valence-corrected chi connectivity index (χ2v) is 8.05. The zero-order valence-electron chi connectivity index (χ0n) is 16.6. The summed E-state index contributed by atoms with van der Waals surface area (Å²) in [7, 11) is 0. The summed E-state index contributed by atoms with van der Waals surface area (Å²) in [6.07, 6.45) is 0.443. The van der Waals surface area contributed by atoms with Gasteiger partial charge in [0.05, 0.1) is 35.3 Å². The molecule has 4 rings (SSSR count). The van der Waals surface area contributed by atoms with Crippen molar-refractivity contribution in [1.82, 2.24) is 0 Å². The van der Waals surface area contributed by atoms with E-state index in [-0.39, 0.29) is 12.5 Å². The summed E-state index contributed by atoms with van der Waals surface area (Å²) >= 11 is 12.3. The number of fused-ring (bicyclic) bond motifs is 1. The van der Waals surface area contributed by atoms with Crippen LogP contribution in [0.1, 0.15) is 12.0 Å². The van der Waals surface area contributed by atoms with E-state index in [0.29, 0.717) is 40.9 Å². The van der Waals surface area contributed by atoms with E-state index >= 15 is 0 Å². The molecule has 0 spiro atoms. The number of ether oxygens (including phenoxy) is 2. The number of anilines is 2. The molecule has 0 amide bonds. The molecular weight excluding hydrogens is 437 g/mol. The number of carboxylic acids is 1. The molecule has 0 bridgehead atoms. The van der Waals surface area contributed by atoms with Crippen molar-refractivity contribution in [3.8, 4) is 11.5 Å². The standard InChI is InChI=1S/C24H21Cl2NO4/c25-19-10-9-17(14-20(19)26)27-15-18(31-23-8-4-2-6-21(23)27)11-12-30-22-7-3-1-5-16(22)13-24(28)29/h1-10,14,18H,11-13,15H2,(H,28,29). The zero-order chi connectivity index (χ0) is 21.8. The predicted octanol–water partition coefficient (Wildman–Crippen LogP) is 5.99. The van der Waals surface area contributed by atoms with Gasteiger partial charge >= 0.3 is 5.97 Å². The second kappa shape index (κ2) is 9.50. The lowest BCUT2D eigenvalue weighted by atomic mass is 10.1. The Hall–Kier alpha value is -2.89. The summed E-state index contributed by atoms with van der Waals surface area (Å²) in [4.78, 5) is 13.2. The van der Waals surface area contributed by atoms with E-state index in [2.05, 4.69) is 4.90 Å². The van der Waals surface area contributed by atoms with Crippen molar-refractivity contribution in [2.75, 3.05) is 18.1 Å². The topological polar surface area (TPSA) is 59.0 Å². The molecule has 1 N–H and O–H groups in total. The average molecular weight is 458 g/mol. The van der Waals surface area contributed by atoms with Crippen LogP contribution in [0.5, 0.6) is 11.5 Å². The molecule has 1 aliphatic heterocycles. The molecule has 0 saturated carbocycles. The van der Waals surface area contributed by atoms with Crippen molar-refractivity contribution in [1.29, 1.82) is 0 Å². The number of rotatable bonds is 7. The average Bonchev–Trinajstić information content (AvgIpc) is 2.76. The summed E-state index contributed by atoms with van der Waals surface area (Å²) in [6.45, 7) is 1.02. The fourth-order valence-corrected chi connectivity index (χ4v) is 3.89. The van der Waals surface area contributed by atoms with Crippen LogP contribution < -0.4 is 14.4 Å². The lowest BCUT2D eigenvalue weighted by Gasteiger charge is -2.36. The second-order valence-electron chi connectivity index (χ2n) is 7.23. The Balaban J connectivity index is 1.48. The smallest absolute Gasteiger partial charge is 0.307 e. The number of hydrogen-bond acceptors (Lipinski definition) is 4. The highest BCUT2D eigenvalue weighted by Crippen LogP contribution is 2.40. The Morgan fingerprint density at radius 3 is 2.65 bits per heavy atom. The first kappa shape index (κ1) is 21.3. The fourth-order valence-electron chi connectivity index (χ4n) is 3.60. The molecule has 0 aliphatic carbocycles. The molecule has 0 saturated heterocycles. The number of hydrogen-bond donors (Lipinski definition) is 1. The maximum Gasteiger partial charge on any atom is 0.307 e. The lowest BCUT2D eigenvalue weighted by Crippen LogP contribution is -2.38. The van der Waals surface area contributed by atoms with Crippen LogP contribution in [0.25, 0.3) is 0 Å². The van der Waals surface area contributed by atoms with Gasteiger partial charge in [0.25, 0.3) is 0 Å². The van der Waals surface area contributed by atoms with Crippen LogP contribution in [-0.2, 0) is 11.2 Å². The Labute approximate surface area is 190 Å². The van der Waals surface area contributed by atoms with Crippen LogP contribution in [0.3, 0.4) is 0 Å². The van der Waals surface area contributed by atoms with Crippen LogP contribution >= 0.6 is 23.2 Å². The maximum atomic E-state index is 11.1. The van der Waals surface area contributed by atoms with Crippen molar-refractivity contribution in [3.63, 3.8) is 0 Å². The van der Waals surface area contributed by atoms with Crippen LogP contribution in [0.4, 0.5) is 11.4 Å². The van der Waals surface area contributed by atoms with Gasteiger partial charge in [-0.25, -0.2) is 0 Å². The molecule has 1 unspecified atom stereocenters. The highest BCUT2D eigenvalue weighted by molar-refractivity contribution is 6.42. The minimum Gasteiger partial charge on any atom is -0.493 e. The highest BCUT2D eigenvalue weighted by Gasteiger charge is 2.27. The van der Waals surface area contributed by atoms with Crippen molar-refractivity contribution >= 4 is 40.5 Å². The molecule has 31 heavy (non-hydrogen) atoms. The number of para-hydroxylation sites is 3. The van der Waals surface area contributed by atoms with E-state index in [1.807, 2.05) is 42.5 Å². The van der Waals surface area contributed by atoms with Gasteiger partial charge < -0.3 is 19.5 Å². The van der Waals surface area contributed by atoms with Gasteiger partial charge in [0, 0.05) is 17.7 Å². The third kappa shape index (κ3) is 5.06. The Kier molecular flexibility index (Phi) is 6.54. The summed E-state index contributed by atoms with van der Waals surface area (Å²) in [5.41, 5.74) is 2.55. The minimum atomic E-state index is -0.888. The number of carboxylic acid groups (broad SMARTS) is 1. The van der Waals surface area contributed by atoms with Gasteiger partial charge in [-0.05, 0) is 36.4 Å². The van der Waals surface area contributed by atoms with Gasteiger partial charge in [0.2, 0.25) is 0 Å². The fraction of sp³-hybridized carbons (Fsp3) is 0.208. The van der Waals surface area contributed by atoms with Gasteiger partial charge in [-0.15, -0.1) is 0 Å². The summed E-state index contributed by atoms with van der Waals surface area (Å²) in [5.74, 6) is 0.485. The number of benzene rings is 3. The van der Waals surface area contributed by atoms with Gasteiger partial charge in [0.1, 0.15) is 17.6 Å². The van der Waals surface area contributed by atoms with Crippen molar-refractivity contribution in [3.05, 3.63) is 82.3 Å². The predicted molar refractivity (Wildman–Crippen MR) is 122 cm³/mol. The van der Waals surface area contributed by atoms with E-state index < -0.39 is 5.97 Å². The first-order valence-corrected chi connectivity index (χ1v) is 10.7. The normalized spacial score (nSPS) is 15.2. The minimum absolute atomic E-state index is 0.0748. The molecule has 1 atom stereocenters. The third-order valence-electron chi connectivity index (χ3n) is 5.06. The van der Waals surface area contributed by atoms with E-state index in [0.717, 1.165) is 17.1 Å². The molecule has 0 aromatic heterocycles. The van der Waals surface area contributed by atoms with Crippen LogP contribution in [0.15, 0.2) is 66.7 Å². The quantitative estimate of drug-likeness (QED) is 0.472. The van der Waals surface area contributed by atoms with E-state index in [1.54, 1.807) is 24.3 Å². The largest absolute Gasteiger partial charge is 0.493 e. The molecule has 0 fully saturated rings. The molecule has 1 heterocycles. The third-order valence-corrected chi connectivity index (χ3v) is 5.80. The van der Waals surface area contributed by atoms with E-state index in [9.17, 15) is 4.79 Å². The molecule has 1 aliphatic rings. The number of nitrogens with zero attached hydrogens (tertiary/aromatic N) is 1. The molecule has 5 nitrogen and oxygen atoms in total. The van der Waals surface area contributed by atoms with Gasteiger partial charge in [0.15, 0.2) is 0 Å².